The molecule has 0 fully saturated rings. The smallest absolute Gasteiger partial charge is 0.0468 e. The number of nitrogens with zero attached hydrogens (tertiary/aromatic N) is 4. The molecule has 20 rings (SSSR count). The summed E-state index contributed by atoms with van der Waals surface area (Å²) in [5.41, 5.74) is 24.6. The van der Waals surface area contributed by atoms with Crippen molar-refractivity contribution < 1.29 is 0 Å². The fraction of sp³-hybridized carbons (Fsp3) is 0. The van der Waals surface area contributed by atoms with Crippen LogP contribution in [0.25, 0.3) is 120 Å². The summed E-state index contributed by atoms with van der Waals surface area (Å²) in [5, 5.41) is 14.1. The van der Waals surface area contributed by atoms with Gasteiger partial charge < -0.3 is 19.6 Å². The van der Waals surface area contributed by atoms with Gasteiger partial charge in [-0.1, -0.05) is 285 Å². The zero-order valence-corrected chi connectivity index (χ0v) is 61.5. The molecule has 112 heavy (non-hydrogen) atoms. The van der Waals surface area contributed by atoms with Crippen molar-refractivity contribution >= 4 is 133 Å². The van der Waals surface area contributed by atoms with E-state index in [4.69, 9.17) is 0 Å². The Bertz CT molecular complexity index is 6670. The van der Waals surface area contributed by atoms with Crippen molar-refractivity contribution in [2.24, 2.45) is 0 Å². The molecule has 0 spiro atoms. The minimum Gasteiger partial charge on any atom is -0.310 e. The normalized spacial score (nSPS) is 11.4. The molecule has 4 nitrogen and oxygen atoms in total. The van der Waals surface area contributed by atoms with Gasteiger partial charge in [-0.05, 0) is 284 Å². The van der Waals surface area contributed by atoms with Crippen LogP contribution in [-0.2, 0) is 0 Å². The number of anilines is 12. The van der Waals surface area contributed by atoms with Gasteiger partial charge in [0, 0.05) is 68.2 Å². The minimum atomic E-state index is 1.07. The molecule has 0 N–H and O–H groups in total. The fourth-order valence-electron chi connectivity index (χ4n) is 17.0. The Balaban J connectivity index is 0.762. The molecular formula is C108H74N4. The van der Waals surface area contributed by atoms with Crippen molar-refractivity contribution in [1.29, 1.82) is 0 Å². The molecule has 526 valence electrons. The van der Waals surface area contributed by atoms with Crippen molar-refractivity contribution in [3.63, 3.8) is 0 Å². The molecule has 0 unspecified atom stereocenters. The van der Waals surface area contributed by atoms with E-state index < -0.39 is 0 Å². The Hall–Kier alpha value is -14.8. The molecule has 4 heteroatoms. The van der Waals surface area contributed by atoms with Gasteiger partial charge in [0.05, 0.1) is 0 Å². The maximum Gasteiger partial charge on any atom is 0.0468 e. The highest BCUT2D eigenvalue weighted by Gasteiger charge is 2.26. The number of rotatable bonds is 17. The van der Waals surface area contributed by atoms with Crippen molar-refractivity contribution in [2.75, 3.05) is 19.6 Å². The third kappa shape index (κ3) is 12.4. The first kappa shape index (κ1) is 66.6. The molecule has 0 aliphatic rings. The van der Waals surface area contributed by atoms with Gasteiger partial charge in [-0.3, -0.25) is 0 Å². The van der Waals surface area contributed by atoms with E-state index in [1.807, 2.05) is 0 Å². The molecule has 20 aromatic carbocycles. The van der Waals surface area contributed by atoms with Gasteiger partial charge >= 0.3 is 0 Å². The molecule has 0 aliphatic heterocycles. The van der Waals surface area contributed by atoms with E-state index in [1.165, 1.54) is 60.0 Å². The molecule has 0 bridgehead atoms. The number of fused-ring (bicyclic) bond motifs is 6. The standard InChI is InChI=1S/C108H74N4/c1-10-31-77(32-11-1)105-97-64-60-94(110(87-38-16-4-17-39-87)88-40-18-5-19-41-88)72-102(97)106(98-65-61-93(71-101(98)105)109(85-34-12-2-13-35-85)86-36-14-3-15-37-86)78-53-50-76(51-54-78)80-55-56-82-70-84(59-57-81(82)68-80)108-100-67-63-95(111(89-42-20-6-21-43-89)90-44-22-7-23-45-90)73-103(100)107(83-58-52-75-30-28-29-33-79(75)69-83)99-66-62-96(74-104(99)108)112(91-46-24-8-25-47-91)92-48-26-9-27-49-92/h1-74H. The quantitative estimate of drug-likeness (QED) is 0.0843. The summed E-state index contributed by atoms with van der Waals surface area (Å²) in [5.74, 6) is 0. The molecule has 20 aromatic rings. The summed E-state index contributed by atoms with van der Waals surface area (Å²) in [6.07, 6.45) is 0. The predicted molar refractivity (Wildman–Crippen MR) is 477 cm³/mol. The summed E-state index contributed by atoms with van der Waals surface area (Å²) < 4.78 is 0. The van der Waals surface area contributed by atoms with Crippen LogP contribution in [0.2, 0.25) is 0 Å². The Morgan fingerprint density at radius 2 is 0.312 bits per heavy atom. The van der Waals surface area contributed by atoms with Gasteiger partial charge in [-0.2, -0.15) is 0 Å². The summed E-state index contributed by atoms with van der Waals surface area (Å²) >= 11 is 0. The van der Waals surface area contributed by atoms with Crippen LogP contribution in [0, 0.1) is 0 Å². The van der Waals surface area contributed by atoms with Gasteiger partial charge in [0.15, 0.2) is 0 Å². The number of para-hydroxylation sites is 8. The van der Waals surface area contributed by atoms with Gasteiger partial charge in [-0.25, -0.2) is 0 Å². The minimum absolute atomic E-state index is 1.07. The van der Waals surface area contributed by atoms with Gasteiger partial charge in [0.2, 0.25) is 0 Å². The molecule has 0 aliphatic carbocycles. The van der Waals surface area contributed by atoms with Crippen LogP contribution in [0.5, 0.6) is 0 Å². The van der Waals surface area contributed by atoms with Crippen molar-refractivity contribution in [1.82, 2.24) is 0 Å². The number of hydrogen-bond acceptors (Lipinski definition) is 4. The summed E-state index contributed by atoms with van der Waals surface area (Å²) in [6.45, 7) is 0. The van der Waals surface area contributed by atoms with E-state index in [0.717, 1.165) is 129 Å². The van der Waals surface area contributed by atoms with E-state index in [1.54, 1.807) is 0 Å². The number of hydrogen-bond donors (Lipinski definition) is 0. The molecule has 0 saturated heterocycles. The highest BCUT2D eigenvalue weighted by molar-refractivity contribution is 6.25. The predicted octanol–water partition coefficient (Wildman–Crippen LogP) is 30.8. The lowest BCUT2D eigenvalue weighted by molar-refractivity contribution is 1.29. The van der Waals surface area contributed by atoms with Crippen LogP contribution in [-0.4, -0.2) is 0 Å². The first-order valence-electron chi connectivity index (χ1n) is 38.4. The fourth-order valence-corrected chi connectivity index (χ4v) is 17.0. The van der Waals surface area contributed by atoms with E-state index in [9.17, 15) is 0 Å². The zero-order chi connectivity index (χ0) is 74.3. The van der Waals surface area contributed by atoms with Crippen LogP contribution >= 0.6 is 0 Å². The van der Waals surface area contributed by atoms with Crippen LogP contribution in [0.1, 0.15) is 0 Å². The van der Waals surface area contributed by atoms with E-state index in [0.29, 0.717) is 0 Å². The largest absolute Gasteiger partial charge is 0.310 e. The van der Waals surface area contributed by atoms with E-state index in [-0.39, 0.29) is 0 Å². The second-order valence-corrected chi connectivity index (χ2v) is 28.7. The first-order chi connectivity index (χ1) is 55.6. The van der Waals surface area contributed by atoms with Gasteiger partial charge in [-0.15, -0.1) is 0 Å². The zero-order valence-electron chi connectivity index (χ0n) is 61.5. The Labute approximate surface area is 652 Å². The molecule has 0 amide bonds. The van der Waals surface area contributed by atoms with Crippen LogP contribution < -0.4 is 19.6 Å². The molecule has 0 radical (unpaired) electrons. The molecule has 0 heterocycles. The van der Waals surface area contributed by atoms with Gasteiger partial charge in [0.1, 0.15) is 0 Å². The molecule has 0 saturated carbocycles. The van der Waals surface area contributed by atoms with Gasteiger partial charge in [0.25, 0.3) is 0 Å². The van der Waals surface area contributed by atoms with Crippen molar-refractivity contribution in [3.8, 4) is 55.6 Å². The average Bonchev–Trinajstić information content (AvgIpc) is 0.725. The van der Waals surface area contributed by atoms with Crippen LogP contribution in [0.15, 0.2) is 449 Å². The lowest BCUT2D eigenvalue weighted by Gasteiger charge is -2.28. The summed E-state index contributed by atoms with van der Waals surface area (Å²) in [4.78, 5) is 9.51. The van der Waals surface area contributed by atoms with Crippen molar-refractivity contribution in [2.45, 2.75) is 0 Å². The maximum absolute atomic E-state index is 2.44. The monoisotopic (exact) mass is 1430 g/mol. The lowest BCUT2D eigenvalue weighted by atomic mass is 9.84. The Kier molecular flexibility index (Phi) is 17.3. The third-order valence-corrected chi connectivity index (χ3v) is 22.1. The second kappa shape index (κ2) is 29.0. The average molecular weight is 1430 g/mol. The first-order valence-corrected chi connectivity index (χ1v) is 38.4. The van der Waals surface area contributed by atoms with E-state index >= 15 is 0 Å². The molecular weight excluding hydrogens is 1350 g/mol. The molecule has 0 atom stereocenters. The third-order valence-electron chi connectivity index (χ3n) is 22.1. The van der Waals surface area contributed by atoms with E-state index in [2.05, 4.69) is 469 Å². The summed E-state index contributed by atoms with van der Waals surface area (Å²) in [7, 11) is 0. The second-order valence-electron chi connectivity index (χ2n) is 28.7. The highest BCUT2D eigenvalue weighted by Crippen LogP contribution is 2.52. The molecule has 0 aromatic heterocycles. The SMILES string of the molecule is c1ccc(-c2c3ccc(N(c4ccccc4)c4ccccc4)cc3c(-c3ccc(-c4ccc5cc(-c6c7ccc(N(c8ccccc8)c8ccccc8)cc7c(-c7ccc8ccccc8c7)c7ccc(N(c8ccccc8)c8ccccc8)cc67)ccc5c4)cc3)c3ccc(N(c4ccccc4)c4ccccc4)cc23)cc1. The topological polar surface area (TPSA) is 13.0 Å². The Morgan fingerprint density at radius 1 is 0.107 bits per heavy atom. The van der Waals surface area contributed by atoms with Crippen molar-refractivity contribution in [3.05, 3.63) is 449 Å². The summed E-state index contributed by atoms with van der Waals surface area (Å²) in [6, 6.07) is 165. The Morgan fingerprint density at radius 3 is 0.616 bits per heavy atom. The van der Waals surface area contributed by atoms with Crippen LogP contribution in [0.3, 0.4) is 0 Å². The lowest BCUT2D eigenvalue weighted by Crippen LogP contribution is -2.10. The number of benzene rings is 20. The maximum atomic E-state index is 2.44. The highest BCUT2D eigenvalue weighted by atomic mass is 15.2. The van der Waals surface area contributed by atoms with Crippen LogP contribution in [0.4, 0.5) is 68.2 Å².